The number of primary amides is 1. The van der Waals surface area contributed by atoms with Crippen molar-refractivity contribution < 1.29 is 51.1 Å². The molecular weight excluding hydrogens is 692 g/mol. The fourth-order valence-corrected chi connectivity index (χ4v) is 6.72. The van der Waals surface area contributed by atoms with Gasteiger partial charge in [-0.05, 0) is 55.2 Å². The third-order valence-electron chi connectivity index (χ3n) is 8.04. The number of nitrogens with one attached hydrogen (secondary N) is 3. The molecule has 51 heavy (non-hydrogen) atoms. The van der Waals surface area contributed by atoms with Crippen LogP contribution in [0.25, 0.3) is 0 Å². The van der Waals surface area contributed by atoms with Gasteiger partial charge < -0.3 is 26.4 Å². The lowest BCUT2D eigenvalue weighted by atomic mass is 9.97. The van der Waals surface area contributed by atoms with Crippen molar-refractivity contribution >= 4 is 51.1 Å². The van der Waals surface area contributed by atoms with Crippen LogP contribution in [0.15, 0.2) is 89.8 Å². The van der Waals surface area contributed by atoms with E-state index >= 15 is 8.78 Å². The third kappa shape index (κ3) is 9.79. The van der Waals surface area contributed by atoms with E-state index in [9.17, 15) is 42.3 Å². The number of hydrogen-bond donors (Lipinski definition) is 5. The Kier molecular flexibility index (Phi) is 12.3. The number of alkyl halides is 2. The van der Waals surface area contributed by atoms with Crippen LogP contribution in [0.5, 0.6) is 0 Å². The first-order valence-corrected chi connectivity index (χ1v) is 17.2. The molecule has 3 aromatic carbocycles. The number of likely N-dealkylation sites (tertiary alicyclic amines) is 1. The molecule has 14 nitrogen and oxygen atoms in total. The quantitative estimate of drug-likeness (QED) is 0.136. The number of carbonyl (C=O) groups excluding carboxylic acids is 5. The highest BCUT2D eigenvalue weighted by atomic mass is 32.2. The number of Topliss-reactive ketones (excluding diaryl/α,β-unsaturated/α-hetero) is 1. The molecule has 1 heterocycles. The van der Waals surface area contributed by atoms with Gasteiger partial charge in [0, 0.05) is 25.1 Å². The highest BCUT2D eigenvalue weighted by Crippen LogP contribution is 2.25. The van der Waals surface area contributed by atoms with E-state index in [-0.39, 0.29) is 48.4 Å². The van der Waals surface area contributed by atoms with Crippen LogP contribution in [-0.2, 0) is 40.4 Å². The number of ketones is 1. The molecule has 0 unspecified atom stereocenters. The Morgan fingerprint density at radius 3 is 2.20 bits per heavy atom. The highest BCUT2D eigenvalue weighted by Gasteiger charge is 2.51. The Labute approximate surface area is 291 Å². The number of nitrogens with two attached hydrogens (primary N) is 1. The predicted molar refractivity (Wildman–Crippen MR) is 178 cm³/mol. The largest absolute Gasteiger partial charge is 0.478 e. The summed E-state index contributed by atoms with van der Waals surface area (Å²) in [5.74, 6) is -12.9. The van der Waals surface area contributed by atoms with Gasteiger partial charge in [-0.1, -0.05) is 54.6 Å². The predicted octanol–water partition coefficient (Wildman–Crippen LogP) is 1.86. The summed E-state index contributed by atoms with van der Waals surface area (Å²) in [6, 6.07) is 14.5. The number of carbonyl (C=O) groups is 6. The number of hydrogen-bond acceptors (Lipinski definition) is 8. The smallest absolute Gasteiger partial charge is 0.383 e. The molecule has 1 saturated heterocycles. The number of aromatic carboxylic acids is 1. The summed E-state index contributed by atoms with van der Waals surface area (Å²) in [5.41, 5.74) is 4.99. The number of nitrogens with zero attached hydrogens (tertiary/aromatic N) is 1. The van der Waals surface area contributed by atoms with Gasteiger partial charge in [0.1, 0.15) is 12.1 Å². The lowest BCUT2D eigenvalue weighted by molar-refractivity contribution is -0.157. The maximum absolute atomic E-state index is 15.5. The van der Waals surface area contributed by atoms with Crippen molar-refractivity contribution in [2.24, 2.45) is 5.73 Å². The van der Waals surface area contributed by atoms with Crippen LogP contribution >= 0.6 is 0 Å². The zero-order valence-corrected chi connectivity index (χ0v) is 27.8. The molecule has 0 aliphatic carbocycles. The minimum absolute atomic E-state index is 0.0224. The number of halogens is 2. The lowest BCUT2D eigenvalue weighted by Crippen LogP contribution is -2.58. The van der Waals surface area contributed by atoms with Gasteiger partial charge in [-0.2, -0.15) is 13.5 Å². The summed E-state index contributed by atoms with van der Waals surface area (Å²) < 4.78 is 59.4. The van der Waals surface area contributed by atoms with Crippen LogP contribution in [0.2, 0.25) is 0 Å². The van der Waals surface area contributed by atoms with E-state index < -0.39 is 75.9 Å². The van der Waals surface area contributed by atoms with Crippen molar-refractivity contribution in [3.8, 4) is 0 Å². The molecule has 0 spiro atoms. The summed E-state index contributed by atoms with van der Waals surface area (Å²) in [4.78, 5) is 77.3. The van der Waals surface area contributed by atoms with E-state index in [1.165, 1.54) is 48.5 Å². The maximum Gasteiger partial charge on any atom is 0.383 e. The number of rotatable bonds is 16. The molecular formula is C34H35F2N5O9S. The van der Waals surface area contributed by atoms with E-state index in [1.807, 2.05) is 5.32 Å². The molecule has 0 saturated carbocycles. The van der Waals surface area contributed by atoms with E-state index in [2.05, 4.69) is 10.0 Å². The van der Waals surface area contributed by atoms with Gasteiger partial charge in [0.25, 0.3) is 0 Å². The number of benzene rings is 3. The van der Waals surface area contributed by atoms with Gasteiger partial charge in [0.2, 0.25) is 33.5 Å². The molecule has 1 aliphatic rings. The second kappa shape index (κ2) is 16.4. The Balaban J connectivity index is 1.57. The monoisotopic (exact) mass is 727 g/mol. The van der Waals surface area contributed by atoms with Crippen LogP contribution in [0.1, 0.15) is 41.6 Å². The van der Waals surface area contributed by atoms with Crippen LogP contribution in [0.4, 0.5) is 14.5 Å². The van der Waals surface area contributed by atoms with Gasteiger partial charge >= 0.3 is 17.8 Å². The zero-order valence-electron chi connectivity index (χ0n) is 27.0. The molecule has 3 aromatic rings. The fraction of sp³-hybridized carbons (Fsp3) is 0.294. The van der Waals surface area contributed by atoms with Gasteiger partial charge in [0.15, 0.2) is 0 Å². The maximum atomic E-state index is 15.5. The molecule has 3 atom stereocenters. The second-order valence-corrected chi connectivity index (χ2v) is 13.4. The number of carboxylic acid groups (broad SMARTS) is 1. The summed E-state index contributed by atoms with van der Waals surface area (Å²) in [6.07, 6.45) is -0.931. The molecule has 17 heteroatoms. The van der Waals surface area contributed by atoms with Crippen molar-refractivity contribution in [1.29, 1.82) is 0 Å². The summed E-state index contributed by atoms with van der Waals surface area (Å²) in [7, 11) is -4.28. The highest BCUT2D eigenvalue weighted by molar-refractivity contribution is 7.89. The van der Waals surface area contributed by atoms with Crippen molar-refractivity contribution in [2.45, 2.75) is 61.0 Å². The van der Waals surface area contributed by atoms with E-state index in [1.54, 1.807) is 24.3 Å². The third-order valence-corrected chi connectivity index (χ3v) is 9.53. The Bertz CT molecular complexity index is 1900. The number of sulfonamides is 1. The number of carboxylic acids is 1. The van der Waals surface area contributed by atoms with Crippen LogP contribution < -0.4 is 21.1 Å². The topological polar surface area (TPSA) is 222 Å². The lowest BCUT2D eigenvalue weighted by Gasteiger charge is -2.30. The minimum Gasteiger partial charge on any atom is -0.478 e. The molecule has 0 aromatic heterocycles. The second-order valence-electron chi connectivity index (χ2n) is 11.7. The van der Waals surface area contributed by atoms with Crippen LogP contribution in [0.3, 0.4) is 0 Å². The van der Waals surface area contributed by atoms with E-state index in [0.717, 1.165) is 17.0 Å². The molecule has 0 bridgehead atoms. The number of anilines is 1. The van der Waals surface area contributed by atoms with Gasteiger partial charge in [-0.3, -0.25) is 24.0 Å². The van der Waals surface area contributed by atoms with E-state index in [0.29, 0.717) is 5.56 Å². The Hall–Kier alpha value is -5.55. The molecule has 1 aliphatic heterocycles. The van der Waals surface area contributed by atoms with Crippen LogP contribution in [-0.4, -0.2) is 84.4 Å². The van der Waals surface area contributed by atoms with Gasteiger partial charge in [-0.15, -0.1) is 0 Å². The normalized spacial score (nSPS) is 15.7. The van der Waals surface area contributed by atoms with Gasteiger partial charge in [0.05, 0.1) is 16.5 Å². The Morgan fingerprint density at radius 2 is 1.57 bits per heavy atom. The SMILES string of the molecule is NC(=O)CC[C@H](NS(=O)(=O)c1ccccc1)C(=O)N1CCC[C@H]1C(=O)N[C@@H](Cc1ccccc1)C(=O)C(F)(F)C(=O)Nc1cccc(C(=O)O)c1. The van der Waals surface area contributed by atoms with E-state index in [4.69, 9.17) is 5.73 Å². The summed E-state index contributed by atoms with van der Waals surface area (Å²) in [6.45, 7) is -0.0394. The average molecular weight is 728 g/mol. The first-order valence-electron chi connectivity index (χ1n) is 15.7. The molecule has 4 rings (SSSR count). The molecule has 1 fully saturated rings. The van der Waals surface area contributed by atoms with Crippen molar-refractivity contribution in [3.63, 3.8) is 0 Å². The summed E-state index contributed by atoms with van der Waals surface area (Å²) >= 11 is 0. The minimum atomic E-state index is -4.72. The van der Waals surface area contributed by atoms with Crippen molar-refractivity contribution in [2.75, 3.05) is 11.9 Å². The average Bonchev–Trinajstić information content (AvgIpc) is 3.60. The molecule has 270 valence electrons. The van der Waals surface area contributed by atoms with Crippen molar-refractivity contribution in [3.05, 3.63) is 96.1 Å². The Morgan fingerprint density at radius 1 is 0.922 bits per heavy atom. The molecule has 0 radical (unpaired) electrons. The van der Waals surface area contributed by atoms with Crippen molar-refractivity contribution in [1.82, 2.24) is 14.9 Å². The molecule has 4 amide bonds. The fourth-order valence-electron chi connectivity index (χ4n) is 5.47. The first-order chi connectivity index (χ1) is 24.1. The first kappa shape index (κ1) is 38.3. The van der Waals surface area contributed by atoms with Crippen LogP contribution in [0, 0.1) is 0 Å². The van der Waals surface area contributed by atoms with Gasteiger partial charge in [-0.25, -0.2) is 13.2 Å². The standard InChI is InChI=1S/C34H35F2N5O9S/c35-34(36,33(48)38-23-12-7-11-22(20-23)32(46)47)29(43)26(19-21-9-3-1-4-10-21)39-30(44)27-15-8-18-41(27)31(45)25(16-17-28(37)42)40-51(49,50)24-13-5-2-6-14-24/h1-7,9-14,20,25-27,40H,8,15-19H2,(H2,37,42)(H,38,48)(H,39,44)(H,46,47)/t25-,26-,27-/m0/s1. The zero-order chi connectivity index (χ0) is 37.3. The summed E-state index contributed by atoms with van der Waals surface area (Å²) in [5, 5.41) is 13.3. The number of amides is 4. The molecule has 6 N–H and O–H groups in total.